The molecule has 1 aliphatic heterocycles. The monoisotopic (exact) mass is 221 g/mol. The second kappa shape index (κ2) is 4.10. The smallest absolute Gasteiger partial charge is 0.0449 e. The van der Waals surface area contributed by atoms with Gasteiger partial charge in [-0.3, -0.25) is 0 Å². The van der Waals surface area contributed by atoms with Crippen LogP contribution in [-0.4, -0.2) is 6.54 Å². The van der Waals surface area contributed by atoms with Crippen molar-refractivity contribution in [3.63, 3.8) is 0 Å². The van der Waals surface area contributed by atoms with Crippen molar-refractivity contribution in [1.82, 2.24) is 0 Å². The van der Waals surface area contributed by atoms with Gasteiger partial charge in [-0.2, -0.15) is 0 Å². The van der Waals surface area contributed by atoms with Crippen LogP contribution in [-0.2, 0) is 6.42 Å². The Bertz CT molecular complexity index is 511. The number of benzene rings is 2. The maximum absolute atomic E-state index is 3.86. The molecule has 17 heavy (non-hydrogen) atoms. The third-order valence-corrected chi connectivity index (χ3v) is 3.26. The number of nitrogens with zero attached hydrogens (tertiary/aromatic N) is 1. The number of fused-ring (bicyclic) bond motifs is 2. The molecule has 0 saturated carbocycles. The lowest BCUT2D eigenvalue weighted by molar-refractivity contribution is 1.00. The summed E-state index contributed by atoms with van der Waals surface area (Å²) in [7, 11) is 0. The van der Waals surface area contributed by atoms with Crippen LogP contribution in [0.5, 0.6) is 0 Å². The number of rotatable bonds is 2. The molecule has 1 heteroatoms. The quantitative estimate of drug-likeness (QED) is 0.695. The van der Waals surface area contributed by atoms with Gasteiger partial charge < -0.3 is 4.90 Å². The Hall–Kier alpha value is -2.02. The highest BCUT2D eigenvalue weighted by Crippen LogP contribution is 2.37. The Morgan fingerprint density at radius 2 is 1.47 bits per heavy atom. The molecule has 0 amide bonds. The second-order valence-corrected chi connectivity index (χ2v) is 4.33. The predicted octanol–water partition coefficient (Wildman–Crippen LogP) is 3.91. The van der Waals surface area contributed by atoms with E-state index in [4.69, 9.17) is 0 Å². The van der Waals surface area contributed by atoms with E-state index >= 15 is 0 Å². The van der Waals surface area contributed by atoms with Crippen molar-refractivity contribution < 1.29 is 0 Å². The first-order valence-corrected chi connectivity index (χ1v) is 5.94. The van der Waals surface area contributed by atoms with Gasteiger partial charge in [0, 0.05) is 24.3 Å². The Morgan fingerprint density at radius 3 is 2.00 bits per heavy atom. The molecular formula is C16H15N. The fraction of sp³-hybridized carbons (Fsp3) is 0.125. The number of hydrogen-bond donors (Lipinski definition) is 0. The molecule has 2 aromatic carbocycles. The topological polar surface area (TPSA) is 3.24 Å². The highest BCUT2D eigenvalue weighted by atomic mass is 15.1. The molecule has 0 bridgehead atoms. The summed E-state index contributed by atoms with van der Waals surface area (Å²) in [5, 5.41) is 0. The van der Waals surface area contributed by atoms with E-state index in [-0.39, 0.29) is 0 Å². The molecule has 0 saturated heterocycles. The van der Waals surface area contributed by atoms with Gasteiger partial charge in [-0.05, 0) is 23.3 Å². The second-order valence-electron chi connectivity index (χ2n) is 4.33. The highest BCUT2D eigenvalue weighted by molar-refractivity contribution is 5.74. The van der Waals surface area contributed by atoms with Crippen molar-refractivity contribution in [1.29, 1.82) is 0 Å². The Morgan fingerprint density at radius 1 is 0.941 bits per heavy atom. The molecular weight excluding hydrogens is 206 g/mol. The molecule has 0 atom stereocenters. The largest absolute Gasteiger partial charge is 0.337 e. The number of para-hydroxylation sites is 2. The molecule has 0 spiro atoms. The molecule has 0 unspecified atom stereocenters. The van der Waals surface area contributed by atoms with Crippen LogP contribution in [0, 0.1) is 0 Å². The summed E-state index contributed by atoms with van der Waals surface area (Å²) in [6, 6.07) is 17.2. The minimum Gasteiger partial charge on any atom is -0.337 e. The molecule has 0 N–H and O–H groups in total. The SMILES string of the molecule is C=CCN1c2ccccc2Cc2ccccc21. The van der Waals surface area contributed by atoms with Crippen LogP contribution in [0.3, 0.4) is 0 Å². The lowest BCUT2D eigenvalue weighted by Gasteiger charge is -2.32. The number of hydrogen-bond acceptors (Lipinski definition) is 1. The van der Waals surface area contributed by atoms with E-state index in [1.54, 1.807) is 0 Å². The van der Waals surface area contributed by atoms with Gasteiger partial charge in [0.25, 0.3) is 0 Å². The van der Waals surface area contributed by atoms with Crippen LogP contribution in [0.25, 0.3) is 0 Å². The molecule has 1 nitrogen and oxygen atoms in total. The zero-order chi connectivity index (χ0) is 11.7. The van der Waals surface area contributed by atoms with Crippen molar-refractivity contribution in [2.75, 3.05) is 11.4 Å². The molecule has 0 fully saturated rings. The van der Waals surface area contributed by atoms with Crippen LogP contribution in [0.1, 0.15) is 11.1 Å². The van der Waals surface area contributed by atoms with E-state index in [1.807, 2.05) is 6.08 Å². The standard InChI is InChI=1S/C16H15N/c1-2-11-17-15-9-5-3-7-13(15)12-14-8-4-6-10-16(14)17/h2-10H,1,11-12H2. The lowest BCUT2D eigenvalue weighted by atomic mass is 9.96. The van der Waals surface area contributed by atoms with Gasteiger partial charge in [0.15, 0.2) is 0 Å². The van der Waals surface area contributed by atoms with Gasteiger partial charge in [0.2, 0.25) is 0 Å². The van der Waals surface area contributed by atoms with Gasteiger partial charge >= 0.3 is 0 Å². The van der Waals surface area contributed by atoms with E-state index in [0.717, 1.165) is 13.0 Å². The molecule has 84 valence electrons. The summed E-state index contributed by atoms with van der Waals surface area (Å²) in [4.78, 5) is 2.33. The fourth-order valence-electron chi connectivity index (χ4n) is 2.51. The first kappa shape index (κ1) is 10.2. The zero-order valence-corrected chi connectivity index (χ0v) is 9.76. The van der Waals surface area contributed by atoms with Gasteiger partial charge in [-0.1, -0.05) is 42.5 Å². The summed E-state index contributed by atoms with van der Waals surface area (Å²) in [6.45, 7) is 4.71. The minimum absolute atomic E-state index is 0.855. The summed E-state index contributed by atoms with van der Waals surface area (Å²) >= 11 is 0. The summed E-state index contributed by atoms with van der Waals surface area (Å²) in [5.41, 5.74) is 5.42. The van der Waals surface area contributed by atoms with Crippen LogP contribution >= 0.6 is 0 Å². The van der Waals surface area contributed by atoms with Crippen molar-refractivity contribution in [3.8, 4) is 0 Å². The first-order chi connectivity index (χ1) is 8.40. The van der Waals surface area contributed by atoms with Crippen molar-refractivity contribution in [2.24, 2.45) is 0 Å². The Labute approximate surface area is 102 Å². The van der Waals surface area contributed by atoms with Gasteiger partial charge in [0.05, 0.1) is 0 Å². The molecule has 2 aromatic rings. The average Bonchev–Trinajstić information content (AvgIpc) is 2.39. The van der Waals surface area contributed by atoms with E-state index in [9.17, 15) is 0 Å². The van der Waals surface area contributed by atoms with E-state index in [1.165, 1.54) is 22.5 Å². The van der Waals surface area contributed by atoms with Crippen LogP contribution in [0.15, 0.2) is 61.2 Å². The van der Waals surface area contributed by atoms with E-state index in [2.05, 4.69) is 60.0 Å². The number of anilines is 2. The molecule has 1 aliphatic rings. The van der Waals surface area contributed by atoms with Crippen LogP contribution in [0.2, 0.25) is 0 Å². The lowest BCUT2D eigenvalue weighted by Crippen LogP contribution is -2.23. The van der Waals surface area contributed by atoms with E-state index in [0.29, 0.717) is 0 Å². The molecule has 3 rings (SSSR count). The average molecular weight is 221 g/mol. The molecule has 0 radical (unpaired) electrons. The maximum atomic E-state index is 3.86. The third kappa shape index (κ3) is 1.64. The molecule has 1 heterocycles. The predicted molar refractivity (Wildman–Crippen MR) is 72.9 cm³/mol. The van der Waals surface area contributed by atoms with E-state index < -0.39 is 0 Å². The zero-order valence-electron chi connectivity index (χ0n) is 9.76. The van der Waals surface area contributed by atoms with Crippen molar-refractivity contribution in [3.05, 3.63) is 72.3 Å². The van der Waals surface area contributed by atoms with Crippen LogP contribution < -0.4 is 4.90 Å². The summed E-state index contributed by atoms with van der Waals surface area (Å²) < 4.78 is 0. The van der Waals surface area contributed by atoms with Crippen molar-refractivity contribution in [2.45, 2.75) is 6.42 Å². The summed E-state index contributed by atoms with van der Waals surface area (Å²) in [5.74, 6) is 0. The van der Waals surface area contributed by atoms with Gasteiger partial charge in [0.1, 0.15) is 0 Å². The molecule has 0 aromatic heterocycles. The van der Waals surface area contributed by atoms with Gasteiger partial charge in [-0.15, -0.1) is 6.58 Å². The van der Waals surface area contributed by atoms with Crippen LogP contribution in [0.4, 0.5) is 11.4 Å². The van der Waals surface area contributed by atoms with Gasteiger partial charge in [-0.25, -0.2) is 0 Å². The third-order valence-electron chi connectivity index (χ3n) is 3.26. The Balaban J connectivity index is 2.16. The van der Waals surface area contributed by atoms with Crippen molar-refractivity contribution >= 4 is 11.4 Å². The normalized spacial score (nSPS) is 12.8. The first-order valence-electron chi connectivity index (χ1n) is 5.94. The maximum Gasteiger partial charge on any atom is 0.0449 e. The minimum atomic E-state index is 0.855. The molecule has 0 aliphatic carbocycles. The Kier molecular flexibility index (Phi) is 2.45. The fourth-order valence-corrected chi connectivity index (χ4v) is 2.51. The highest BCUT2D eigenvalue weighted by Gasteiger charge is 2.20. The summed E-state index contributed by atoms with van der Waals surface area (Å²) in [6.07, 6.45) is 2.98.